The number of fused-ring (bicyclic) bond motifs is 1. The Labute approximate surface area is 172 Å². The minimum atomic E-state index is -0.985. The number of carbonyl (C=O) groups excluding carboxylic acids is 3. The van der Waals surface area contributed by atoms with Gasteiger partial charge in [0, 0.05) is 35.7 Å². The highest BCUT2D eigenvalue weighted by Gasteiger charge is 2.56. The van der Waals surface area contributed by atoms with Crippen molar-refractivity contribution in [3.8, 4) is 5.69 Å². The number of esters is 1. The van der Waals surface area contributed by atoms with E-state index in [-0.39, 0.29) is 17.5 Å². The first-order valence-electron chi connectivity index (χ1n) is 9.44. The van der Waals surface area contributed by atoms with E-state index in [1.165, 1.54) is 17.8 Å². The maximum absolute atomic E-state index is 14.2. The second-order valence-corrected chi connectivity index (χ2v) is 8.62. The molecule has 4 rings (SSSR count). The molecular formula is C21H21FN2O4S. The fourth-order valence-electron chi connectivity index (χ4n) is 4.15. The van der Waals surface area contributed by atoms with Gasteiger partial charge in [-0.1, -0.05) is 12.1 Å². The van der Waals surface area contributed by atoms with Gasteiger partial charge in [0.05, 0.1) is 5.69 Å². The Bertz CT molecular complexity index is 1020. The zero-order valence-corrected chi connectivity index (χ0v) is 17.1. The molecule has 0 bridgehead atoms. The molecule has 2 fully saturated rings. The number of thioether (sulfide) groups is 1. The van der Waals surface area contributed by atoms with Crippen LogP contribution < -0.4 is 0 Å². The third-order valence-corrected chi connectivity index (χ3v) is 7.00. The third-order valence-electron chi connectivity index (χ3n) is 5.55. The Morgan fingerprint density at radius 1 is 1.28 bits per heavy atom. The summed E-state index contributed by atoms with van der Waals surface area (Å²) in [5.74, 6) is -0.653. The molecule has 6 nitrogen and oxygen atoms in total. The lowest BCUT2D eigenvalue weighted by molar-refractivity contribution is -0.152. The first-order chi connectivity index (χ1) is 13.8. The van der Waals surface area contributed by atoms with Crippen molar-refractivity contribution >= 4 is 29.4 Å². The predicted molar refractivity (Wildman–Crippen MR) is 107 cm³/mol. The van der Waals surface area contributed by atoms with Crippen LogP contribution in [0.5, 0.6) is 0 Å². The van der Waals surface area contributed by atoms with Crippen molar-refractivity contribution in [2.75, 3.05) is 18.9 Å². The number of aromatic nitrogens is 1. The smallest absolute Gasteiger partial charge is 0.343 e. The summed E-state index contributed by atoms with van der Waals surface area (Å²) >= 11 is 1.40. The molecule has 2 aromatic rings. The first kappa shape index (κ1) is 19.7. The van der Waals surface area contributed by atoms with Gasteiger partial charge in [0.2, 0.25) is 11.7 Å². The molecule has 0 N–H and O–H groups in total. The number of hydrogen-bond donors (Lipinski definition) is 0. The quantitative estimate of drug-likeness (QED) is 0.554. The third kappa shape index (κ3) is 3.15. The molecule has 1 aromatic heterocycles. The number of carbonyl (C=O) groups is 3. The van der Waals surface area contributed by atoms with Crippen LogP contribution in [0.4, 0.5) is 4.39 Å². The van der Waals surface area contributed by atoms with E-state index in [1.807, 2.05) is 0 Å². The average molecular weight is 416 g/mol. The summed E-state index contributed by atoms with van der Waals surface area (Å²) < 4.78 is 21.2. The van der Waals surface area contributed by atoms with Crippen LogP contribution in [0.25, 0.3) is 5.69 Å². The lowest BCUT2D eigenvalue weighted by atomic mass is 10.1. The summed E-state index contributed by atoms with van der Waals surface area (Å²) in [6, 6.07) is 8.02. The molecule has 0 saturated carbocycles. The SMILES string of the molecule is Cc1cc(C(=O)COC(=O)[C@]23CCC(=O)N2CCS3)c(C)n1-c1ccccc1F. The van der Waals surface area contributed by atoms with Crippen LogP contribution in [-0.4, -0.2) is 50.9 Å². The van der Waals surface area contributed by atoms with E-state index in [4.69, 9.17) is 4.74 Å². The number of benzene rings is 1. The predicted octanol–water partition coefficient (Wildman–Crippen LogP) is 3.02. The van der Waals surface area contributed by atoms with Crippen LogP contribution in [0.15, 0.2) is 30.3 Å². The van der Waals surface area contributed by atoms with Crippen molar-refractivity contribution in [2.24, 2.45) is 0 Å². The van der Waals surface area contributed by atoms with Crippen LogP contribution in [0, 0.1) is 19.7 Å². The number of amides is 1. The Kier molecular flexibility index (Phi) is 4.98. The van der Waals surface area contributed by atoms with E-state index >= 15 is 0 Å². The summed E-state index contributed by atoms with van der Waals surface area (Å²) in [6.07, 6.45) is 0.727. The Morgan fingerprint density at radius 2 is 2.03 bits per heavy atom. The molecule has 2 aliphatic rings. The van der Waals surface area contributed by atoms with Gasteiger partial charge in [0.1, 0.15) is 5.82 Å². The van der Waals surface area contributed by atoms with E-state index in [0.717, 1.165) is 0 Å². The van der Waals surface area contributed by atoms with E-state index in [1.54, 1.807) is 47.6 Å². The molecule has 1 amide bonds. The highest BCUT2D eigenvalue weighted by atomic mass is 32.2. The van der Waals surface area contributed by atoms with Gasteiger partial charge in [-0.05, 0) is 38.5 Å². The molecule has 2 aliphatic heterocycles. The molecular weight excluding hydrogens is 395 g/mol. The van der Waals surface area contributed by atoms with Crippen molar-refractivity contribution in [2.45, 2.75) is 31.6 Å². The summed E-state index contributed by atoms with van der Waals surface area (Å²) in [6.45, 7) is 3.64. The zero-order valence-electron chi connectivity index (χ0n) is 16.2. The number of hydrogen-bond acceptors (Lipinski definition) is 5. The summed E-state index contributed by atoms with van der Waals surface area (Å²) in [4.78, 5) is 38.0. The van der Waals surface area contributed by atoms with Crippen molar-refractivity contribution < 1.29 is 23.5 Å². The van der Waals surface area contributed by atoms with Crippen LogP contribution in [0.1, 0.15) is 34.6 Å². The fraction of sp³-hybridized carbons (Fsp3) is 0.381. The number of nitrogens with zero attached hydrogens (tertiary/aromatic N) is 2. The molecule has 3 heterocycles. The van der Waals surface area contributed by atoms with Gasteiger partial charge in [-0.25, -0.2) is 9.18 Å². The Balaban J connectivity index is 1.51. The van der Waals surface area contributed by atoms with Crippen LogP contribution in [0.3, 0.4) is 0 Å². The molecule has 1 atom stereocenters. The molecule has 0 spiro atoms. The molecule has 152 valence electrons. The fourth-order valence-corrected chi connectivity index (χ4v) is 5.53. The van der Waals surface area contributed by atoms with E-state index in [0.29, 0.717) is 47.8 Å². The molecule has 0 unspecified atom stereocenters. The van der Waals surface area contributed by atoms with E-state index in [9.17, 15) is 18.8 Å². The number of halogens is 1. The number of aryl methyl sites for hydroxylation is 1. The molecule has 1 aromatic carbocycles. The average Bonchev–Trinajstić information content (AvgIpc) is 3.35. The van der Waals surface area contributed by atoms with Gasteiger partial charge < -0.3 is 14.2 Å². The highest BCUT2D eigenvalue weighted by Crippen LogP contribution is 2.45. The number of para-hydroxylation sites is 1. The number of ketones is 1. The van der Waals surface area contributed by atoms with Crippen LogP contribution in [-0.2, 0) is 14.3 Å². The number of rotatable bonds is 5. The minimum absolute atomic E-state index is 0.0493. The maximum Gasteiger partial charge on any atom is 0.343 e. The van der Waals surface area contributed by atoms with E-state index < -0.39 is 17.4 Å². The summed E-state index contributed by atoms with van der Waals surface area (Å²) in [7, 11) is 0. The minimum Gasteiger partial charge on any atom is -0.455 e. The highest BCUT2D eigenvalue weighted by molar-refractivity contribution is 8.01. The lowest BCUT2D eigenvalue weighted by Gasteiger charge is -2.28. The summed E-state index contributed by atoms with van der Waals surface area (Å²) in [5, 5.41) is 0. The second-order valence-electron chi connectivity index (χ2n) is 7.25. The van der Waals surface area contributed by atoms with Crippen molar-refractivity contribution in [3.05, 3.63) is 53.1 Å². The van der Waals surface area contributed by atoms with E-state index in [2.05, 4.69) is 0 Å². The molecule has 8 heteroatoms. The van der Waals surface area contributed by atoms with Gasteiger partial charge >= 0.3 is 5.97 Å². The van der Waals surface area contributed by atoms with Crippen LogP contribution in [0.2, 0.25) is 0 Å². The molecule has 29 heavy (non-hydrogen) atoms. The normalized spacial score (nSPS) is 20.8. The van der Waals surface area contributed by atoms with Gasteiger partial charge in [-0.2, -0.15) is 0 Å². The van der Waals surface area contributed by atoms with Crippen molar-refractivity contribution in [1.29, 1.82) is 0 Å². The number of ether oxygens (including phenoxy) is 1. The van der Waals surface area contributed by atoms with Gasteiger partial charge in [-0.3, -0.25) is 9.59 Å². The monoisotopic (exact) mass is 416 g/mol. The Hall–Kier alpha value is -2.61. The first-order valence-corrected chi connectivity index (χ1v) is 10.4. The second kappa shape index (κ2) is 7.33. The molecule has 0 radical (unpaired) electrons. The van der Waals surface area contributed by atoms with Gasteiger partial charge in [0.25, 0.3) is 0 Å². The van der Waals surface area contributed by atoms with Crippen LogP contribution >= 0.6 is 11.8 Å². The topological polar surface area (TPSA) is 68.6 Å². The largest absolute Gasteiger partial charge is 0.455 e. The summed E-state index contributed by atoms with van der Waals surface area (Å²) in [5.41, 5.74) is 2.04. The zero-order chi connectivity index (χ0) is 20.8. The molecule has 2 saturated heterocycles. The van der Waals surface area contributed by atoms with Gasteiger partial charge in [0.15, 0.2) is 11.5 Å². The van der Waals surface area contributed by atoms with Gasteiger partial charge in [-0.15, -0.1) is 11.8 Å². The maximum atomic E-state index is 14.2. The van der Waals surface area contributed by atoms with Crippen molar-refractivity contribution in [1.82, 2.24) is 9.47 Å². The van der Waals surface area contributed by atoms with Crippen molar-refractivity contribution in [3.63, 3.8) is 0 Å². The Morgan fingerprint density at radius 3 is 2.79 bits per heavy atom. The lowest BCUT2D eigenvalue weighted by Crippen LogP contribution is -2.46. The number of Topliss-reactive ketones (excluding diaryl/α,β-unsaturated/α-hetero) is 1. The standard InChI is InChI=1S/C21H21FN2O4S/c1-13-11-15(14(2)24(13)17-6-4-3-5-16(17)22)18(25)12-28-20(27)21-8-7-19(26)23(21)9-10-29-21/h3-6,11H,7-10,12H2,1-2H3/t21-/m1/s1. The molecule has 0 aliphatic carbocycles.